The molecule has 6 nitrogen and oxygen atoms in total. The number of hydrogen-bond acceptors (Lipinski definition) is 4. The molecule has 2 aliphatic heterocycles. The number of morpholine rings is 1. The maximum absolute atomic E-state index is 13.3. The normalized spacial score (nSPS) is 28.0. The molecule has 4 rings (SSSR count). The van der Waals surface area contributed by atoms with E-state index in [1.165, 1.54) is 0 Å². The first-order chi connectivity index (χ1) is 12.6. The van der Waals surface area contributed by atoms with Gasteiger partial charge in [-0.05, 0) is 18.1 Å². The number of nitrogens with one attached hydrogen (secondary N) is 1. The van der Waals surface area contributed by atoms with E-state index in [4.69, 9.17) is 4.74 Å². The topological polar surface area (TPSA) is 59.4 Å². The average molecular weight is 391 g/mol. The molecule has 146 valence electrons. The number of aryl methyl sites for hydroxylation is 1. The Labute approximate surface area is 166 Å². The van der Waals surface area contributed by atoms with Crippen LogP contribution in [0.4, 0.5) is 0 Å². The Morgan fingerprint density at radius 1 is 1.19 bits per heavy atom. The summed E-state index contributed by atoms with van der Waals surface area (Å²) >= 11 is 0. The van der Waals surface area contributed by atoms with Crippen molar-refractivity contribution in [2.24, 2.45) is 13.0 Å². The van der Waals surface area contributed by atoms with Crippen LogP contribution in [-0.4, -0.2) is 52.9 Å². The lowest BCUT2D eigenvalue weighted by molar-refractivity contribution is -0.148. The number of halogens is 1. The molecule has 1 N–H and O–H groups in total. The summed E-state index contributed by atoms with van der Waals surface area (Å²) in [5.74, 6) is 0.366. The van der Waals surface area contributed by atoms with Crippen LogP contribution in [0.1, 0.15) is 30.1 Å². The molecule has 2 aliphatic rings. The van der Waals surface area contributed by atoms with Gasteiger partial charge in [0, 0.05) is 38.8 Å². The van der Waals surface area contributed by atoms with Gasteiger partial charge in [-0.2, -0.15) is 5.10 Å². The molecule has 7 heteroatoms. The van der Waals surface area contributed by atoms with Crippen molar-refractivity contribution in [1.29, 1.82) is 0 Å². The first-order valence-electron chi connectivity index (χ1n) is 9.30. The standard InChI is InChI=1S/C20H26N4O2.ClH/c1-14-11-24(13-19(26-14)15-6-4-3-5-7-15)20(25)18-10-21-9-17(18)16-8-22-23(2)12-16;/h3-8,12,14,17-19,21H,9-11,13H2,1-2H3;1H/t14?,17-,18+,19?;/m1./s1. The highest BCUT2D eigenvalue weighted by atomic mass is 35.5. The fraction of sp³-hybridized carbons (Fsp3) is 0.500. The van der Waals surface area contributed by atoms with Crippen LogP contribution in [0.2, 0.25) is 0 Å². The van der Waals surface area contributed by atoms with Gasteiger partial charge in [0.15, 0.2) is 0 Å². The van der Waals surface area contributed by atoms with Crippen molar-refractivity contribution in [2.45, 2.75) is 25.0 Å². The summed E-state index contributed by atoms with van der Waals surface area (Å²) in [6.45, 7) is 4.85. The molecule has 4 atom stereocenters. The number of aromatic nitrogens is 2. The Hall–Kier alpha value is -1.89. The van der Waals surface area contributed by atoms with E-state index in [1.54, 1.807) is 4.68 Å². The van der Waals surface area contributed by atoms with Crippen LogP contribution < -0.4 is 5.32 Å². The van der Waals surface area contributed by atoms with E-state index in [-0.39, 0.29) is 42.4 Å². The van der Waals surface area contributed by atoms with E-state index >= 15 is 0 Å². The lowest BCUT2D eigenvalue weighted by Gasteiger charge is -2.38. The maximum Gasteiger partial charge on any atom is 0.227 e. The van der Waals surface area contributed by atoms with Crippen molar-refractivity contribution in [2.75, 3.05) is 26.2 Å². The molecule has 1 aromatic heterocycles. The van der Waals surface area contributed by atoms with Crippen molar-refractivity contribution in [3.05, 3.63) is 53.9 Å². The molecule has 2 fully saturated rings. The van der Waals surface area contributed by atoms with Crippen LogP contribution in [0, 0.1) is 5.92 Å². The van der Waals surface area contributed by atoms with Crippen LogP contribution >= 0.6 is 12.4 Å². The molecule has 0 spiro atoms. The Kier molecular flexibility index (Phi) is 6.19. The second kappa shape index (κ2) is 8.42. The summed E-state index contributed by atoms with van der Waals surface area (Å²) in [7, 11) is 1.91. The minimum Gasteiger partial charge on any atom is -0.367 e. The van der Waals surface area contributed by atoms with Crippen LogP contribution in [0.15, 0.2) is 42.7 Å². The molecule has 0 saturated carbocycles. The Bertz CT molecular complexity index is 766. The van der Waals surface area contributed by atoms with Gasteiger partial charge in [-0.15, -0.1) is 12.4 Å². The highest BCUT2D eigenvalue weighted by Crippen LogP contribution is 2.32. The van der Waals surface area contributed by atoms with Gasteiger partial charge in [0.2, 0.25) is 5.91 Å². The number of ether oxygens (including phenoxy) is 1. The van der Waals surface area contributed by atoms with Gasteiger partial charge < -0.3 is 15.0 Å². The molecule has 0 bridgehead atoms. The minimum atomic E-state index is -0.0601. The third kappa shape index (κ3) is 4.18. The largest absolute Gasteiger partial charge is 0.367 e. The van der Waals surface area contributed by atoms with Gasteiger partial charge in [-0.3, -0.25) is 9.48 Å². The van der Waals surface area contributed by atoms with Crippen LogP contribution in [0.25, 0.3) is 0 Å². The number of nitrogens with zero attached hydrogens (tertiary/aromatic N) is 3. The zero-order valence-corrected chi connectivity index (χ0v) is 16.6. The first-order valence-corrected chi connectivity index (χ1v) is 9.30. The molecule has 3 heterocycles. The fourth-order valence-electron chi connectivity index (χ4n) is 4.14. The molecule has 1 aromatic carbocycles. The van der Waals surface area contributed by atoms with E-state index in [9.17, 15) is 4.79 Å². The number of rotatable bonds is 3. The van der Waals surface area contributed by atoms with Gasteiger partial charge >= 0.3 is 0 Å². The van der Waals surface area contributed by atoms with Crippen molar-refractivity contribution >= 4 is 18.3 Å². The van der Waals surface area contributed by atoms with Gasteiger partial charge in [0.05, 0.1) is 24.8 Å². The van der Waals surface area contributed by atoms with E-state index in [0.717, 1.165) is 24.2 Å². The smallest absolute Gasteiger partial charge is 0.227 e. The summed E-state index contributed by atoms with van der Waals surface area (Å²) in [4.78, 5) is 15.3. The Morgan fingerprint density at radius 3 is 2.67 bits per heavy atom. The summed E-state index contributed by atoms with van der Waals surface area (Å²) < 4.78 is 7.91. The first kappa shape index (κ1) is 19.9. The third-order valence-corrected chi connectivity index (χ3v) is 5.43. The summed E-state index contributed by atoms with van der Waals surface area (Å²) in [6.07, 6.45) is 3.87. The molecule has 0 radical (unpaired) electrons. The van der Waals surface area contributed by atoms with Gasteiger partial charge in [-0.25, -0.2) is 0 Å². The van der Waals surface area contributed by atoms with Crippen LogP contribution in [-0.2, 0) is 16.6 Å². The molecule has 0 aliphatic carbocycles. The van der Waals surface area contributed by atoms with Crippen molar-refractivity contribution < 1.29 is 9.53 Å². The molecule has 2 unspecified atom stereocenters. The number of benzene rings is 1. The number of hydrogen-bond donors (Lipinski definition) is 1. The van der Waals surface area contributed by atoms with Crippen molar-refractivity contribution in [3.63, 3.8) is 0 Å². The van der Waals surface area contributed by atoms with Gasteiger partial charge in [-0.1, -0.05) is 30.3 Å². The Balaban J connectivity index is 0.00000210. The van der Waals surface area contributed by atoms with E-state index in [1.807, 2.05) is 49.5 Å². The zero-order chi connectivity index (χ0) is 18.1. The summed E-state index contributed by atoms with van der Waals surface area (Å²) in [5.41, 5.74) is 2.27. The predicted molar refractivity (Wildman–Crippen MR) is 106 cm³/mol. The highest BCUT2D eigenvalue weighted by Gasteiger charge is 2.39. The summed E-state index contributed by atoms with van der Waals surface area (Å²) in [6, 6.07) is 10.2. The number of carbonyl (C=O) groups is 1. The second-order valence-electron chi connectivity index (χ2n) is 7.41. The average Bonchev–Trinajstić information content (AvgIpc) is 3.30. The maximum atomic E-state index is 13.3. The molecule has 1 amide bonds. The Morgan fingerprint density at radius 2 is 1.96 bits per heavy atom. The van der Waals surface area contributed by atoms with Crippen LogP contribution in [0.5, 0.6) is 0 Å². The van der Waals surface area contributed by atoms with Gasteiger partial charge in [0.1, 0.15) is 6.10 Å². The quantitative estimate of drug-likeness (QED) is 0.872. The highest BCUT2D eigenvalue weighted by molar-refractivity contribution is 5.85. The lowest BCUT2D eigenvalue weighted by Crippen LogP contribution is -2.49. The molecular formula is C20H27ClN4O2. The van der Waals surface area contributed by atoms with E-state index < -0.39 is 0 Å². The predicted octanol–water partition coefficient (Wildman–Crippen LogP) is 2.13. The van der Waals surface area contributed by atoms with Crippen molar-refractivity contribution in [3.8, 4) is 0 Å². The monoisotopic (exact) mass is 390 g/mol. The molecule has 27 heavy (non-hydrogen) atoms. The number of amides is 1. The fourth-order valence-corrected chi connectivity index (χ4v) is 4.14. The van der Waals surface area contributed by atoms with Crippen molar-refractivity contribution in [1.82, 2.24) is 20.0 Å². The SMILES string of the molecule is CC1CN(C(=O)[C@H]2CNC[C@@H]2c2cnn(C)c2)CC(c2ccccc2)O1.Cl. The van der Waals surface area contributed by atoms with E-state index in [2.05, 4.69) is 22.5 Å². The summed E-state index contributed by atoms with van der Waals surface area (Å²) in [5, 5.41) is 7.66. The minimum absolute atomic E-state index is 0. The lowest BCUT2D eigenvalue weighted by atomic mass is 9.89. The number of carbonyl (C=O) groups excluding carboxylic acids is 1. The van der Waals surface area contributed by atoms with Crippen LogP contribution in [0.3, 0.4) is 0 Å². The second-order valence-corrected chi connectivity index (χ2v) is 7.41. The zero-order valence-electron chi connectivity index (χ0n) is 15.7. The van der Waals surface area contributed by atoms with E-state index in [0.29, 0.717) is 13.1 Å². The molecule has 2 saturated heterocycles. The third-order valence-electron chi connectivity index (χ3n) is 5.43. The van der Waals surface area contributed by atoms with Gasteiger partial charge in [0.25, 0.3) is 0 Å². The molecule has 2 aromatic rings. The molecular weight excluding hydrogens is 364 g/mol.